The first-order chi connectivity index (χ1) is 8.27. The fourth-order valence-corrected chi connectivity index (χ4v) is 2.00. The van der Waals surface area contributed by atoms with Gasteiger partial charge in [-0.1, -0.05) is 54.2 Å². The summed E-state index contributed by atoms with van der Waals surface area (Å²) in [5, 5.41) is 3.74. The van der Waals surface area contributed by atoms with E-state index in [4.69, 9.17) is 0 Å². The number of alkyl halides is 1. The number of halogens is 1. The molecule has 1 amide bonds. The van der Waals surface area contributed by atoms with Crippen LogP contribution in [0.2, 0.25) is 0 Å². The van der Waals surface area contributed by atoms with Crippen molar-refractivity contribution < 1.29 is 4.79 Å². The molecule has 3 heteroatoms. The monoisotopic (exact) mass is 297 g/mol. The third-order valence-corrected chi connectivity index (χ3v) is 3.31. The van der Waals surface area contributed by atoms with Crippen LogP contribution < -0.4 is 5.32 Å². The summed E-state index contributed by atoms with van der Waals surface area (Å²) in [6, 6.07) is 7.71. The average molecular weight is 298 g/mol. The van der Waals surface area contributed by atoms with Gasteiger partial charge in [0.2, 0.25) is 0 Å². The van der Waals surface area contributed by atoms with Gasteiger partial charge < -0.3 is 5.32 Å². The highest BCUT2D eigenvalue weighted by Gasteiger charge is 2.04. The van der Waals surface area contributed by atoms with E-state index in [1.54, 1.807) is 0 Å². The SMILES string of the molecule is CCCCCCNC(=O)c1cccc(CBr)c1. The van der Waals surface area contributed by atoms with Crippen molar-refractivity contribution in [3.8, 4) is 0 Å². The molecular formula is C14H20BrNO. The molecule has 0 aromatic heterocycles. The van der Waals surface area contributed by atoms with Gasteiger partial charge in [-0.2, -0.15) is 0 Å². The summed E-state index contributed by atoms with van der Waals surface area (Å²) >= 11 is 3.39. The smallest absolute Gasteiger partial charge is 0.251 e. The predicted molar refractivity (Wildman–Crippen MR) is 75.5 cm³/mol. The molecule has 0 saturated carbocycles. The molecule has 0 saturated heterocycles. The lowest BCUT2D eigenvalue weighted by Gasteiger charge is -2.06. The normalized spacial score (nSPS) is 10.2. The quantitative estimate of drug-likeness (QED) is 0.600. The molecule has 0 radical (unpaired) electrons. The molecule has 1 rings (SSSR count). The Balaban J connectivity index is 2.36. The highest BCUT2D eigenvalue weighted by Crippen LogP contribution is 2.08. The van der Waals surface area contributed by atoms with Gasteiger partial charge in [-0.15, -0.1) is 0 Å². The lowest BCUT2D eigenvalue weighted by Crippen LogP contribution is -2.24. The van der Waals surface area contributed by atoms with Gasteiger partial charge in [-0.25, -0.2) is 0 Å². The molecule has 2 nitrogen and oxygen atoms in total. The molecule has 1 aromatic rings. The van der Waals surface area contributed by atoms with Crippen molar-refractivity contribution in [2.24, 2.45) is 0 Å². The lowest BCUT2D eigenvalue weighted by atomic mass is 10.1. The van der Waals surface area contributed by atoms with E-state index in [0.717, 1.165) is 29.4 Å². The molecular weight excluding hydrogens is 278 g/mol. The van der Waals surface area contributed by atoms with E-state index in [9.17, 15) is 4.79 Å². The van der Waals surface area contributed by atoms with Crippen LogP contribution in [0.15, 0.2) is 24.3 Å². The fourth-order valence-electron chi connectivity index (χ4n) is 1.65. The number of hydrogen-bond donors (Lipinski definition) is 1. The fraction of sp³-hybridized carbons (Fsp3) is 0.500. The Bertz CT molecular complexity index is 352. The Morgan fingerprint density at radius 1 is 1.29 bits per heavy atom. The molecule has 0 aliphatic rings. The van der Waals surface area contributed by atoms with E-state index in [1.807, 2.05) is 24.3 Å². The van der Waals surface area contributed by atoms with E-state index < -0.39 is 0 Å². The minimum Gasteiger partial charge on any atom is -0.352 e. The Morgan fingerprint density at radius 2 is 2.12 bits per heavy atom. The summed E-state index contributed by atoms with van der Waals surface area (Å²) in [5.41, 5.74) is 1.88. The maximum atomic E-state index is 11.8. The van der Waals surface area contributed by atoms with Crippen LogP contribution in [-0.4, -0.2) is 12.5 Å². The maximum absolute atomic E-state index is 11.8. The largest absolute Gasteiger partial charge is 0.352 e. The van der Waals surface area contributed by atoms with Crippen molar-refractivity contribution in [3.63, 3.8) is 0 Å². The second kappa shape index (κ2) is 8.29. The van der Waals surface area contributed by atoms with Crippen molar-refractivity contribution in [3.05, 3.63) is 35.4 Å². The Kier molecular flexibility index (Phi) is 6.94. The van der Waals surface area contributed by atoms with Crippen LogP contribution >= 0.6 is 15.9 Å². The van der Waals surface area contributed by atoms with Crippen molar-refractivity contribution >= 4 is 21.8 Å². The molecule has 0 unspecified atom stereocenters. The molecule has 0 spiro atoms. The van der Waals surface area contributed by atoms with Gasteiger partial charge in [0.1, 0.15) is 0 Å². The zero-order valence-corrected chi connectivity index (χ0v) is 11.9. The second-order valence-electron chi connectivity index (χ2n) is 4.15. The van der Waals surface area contributed by atoms with Gasteiger partial charge >= 0.3 is 0 Å². The van der Waals surface area contributed by atoms with Crippen molar-refractivity contribution in [1.29, 1.82) is 0 Å². The Labute approximate surface area is 112 Å². The molecule has 0 fully saturated rings. The van der Waals surface area contributed by atoms with Crippen LogP contribution in [0.25, 0.3) is 0 Å². The predicted octanol–water partition coefficient (Wildman–Crippen LogP) is 3.89. The summed E-state index contributed by atoms with van der Waals surface area (Å²) in [6.45, 7) is 2.96. The molecule has 1 N–H and O–H groups in total. The first-order valence-corrected chi connectivity index (χ1v) is 7.33. The van der Waals surface area contributed by atoms with Gasteiger partial charge in [-0.05, 0) is 24.1 Å². The zero-order chi connectivity index (χ0) is 12.5. The number of nitrogens with one attached hydrogen (secondary N) is 1. The van der Waals surface area contributed by atoms with Gasteiger partial charge in [0, 0.05) is 17.4 Å². The molecule has 0 aliphatic heterocycles. The first kappa shape index (κ1) is 14.2. The number of carbonyl (C=O) groups is 1. The van der Waals surface area contributed by atoms with Crippen molar-refractivity contribution in [1.82, 2.24) is 5.32 Å². The van der Waals surface area contributed by atoms with Crippen LogP contribution in [0, 0.1) is 0 Å². The van der Waals surface area contributed by atoms with Crippen molar-refractivity contribution in [2.45, 2.75) is 37.9 Å². The summed E-state index contributed by atoms with van der Waals surface area (Å²) in [7, 11) is 0. The topological polar surface area (TPSA) is 29.1 Å². The standard InChI is InChI=1S/C14H20BrNO/c1-2-3-4-5-9-16-14(17)13-8-6-7-12(10-13)11-15/h6-8,10H,2-5,9,11H2,1H3,(H,16,17). The molecule has 0 atom stereocenters. The van der Waals surface area contributed by atoms with Crippen LogP contribution in [-0.2, 0) is 5.33 Å². The van der Waals surface area contributed by atoms with Gasteiger partial charge in [-0.3, -0.25) is 4.79 Å². The van der Waals surface area contributed by atoms with Gasteiger partial charge in [0.15, 0.2) is 0 Å². The lowest BCUT2D eigenvalue weighted by molar-refractivity contribution is 0.0953. The maximum Gasteiger partial charge on any atom is 0.251 e. The summed E-state index contributed by atoms with van der Waals surface area (Å²) in [4.78, 5) is 11.8. The molecule has 1 aromatic carbocycles. The zero-order valence-electron chi connectivity index (χ0n) is 10.3. The average Bonchev–Trinajstić information content (AvgIpc) is 2.38. The number of carbonyl (C=O) groups excluding carboxylic acids is 1. The number of benzene rings is 1. The Morgan fingerprint density at radius 3 is 2.82 bits per heavy atom. The summed E-state index contributed by atoms with van der Waals surface area (Å²) in [5.74, 6) is 0.0318. The highest BCUT2D eigenvalue weighted by atomic mass is 79.9. The summed E-state index contributed by atoms with van der Waals surface area (Å²) in [6.07, 6.45) is 4.73. The third kappa shape index (κ3) is 5.35. The number of amides is 1. The third-order valence-electron chi connectivity index (χ3n) is 2.66. The van der Waals surface area contributed by atoms with Crippen LogP contribution in [0.1, 0.15) is 48.5 Å². The van der Waals surface area contributed by atoms with Crippen LogP contribution in [0.3, 0.4) is 0 Å². The minimum absolute atomic E-state index is 0.0318. The van der Waals surface area contributed by atoms with E-state index in [-0.39, 0.29) is 5.91 Å². The molecule has 17 heavy (non-hydrogen) atoms. The van der Waals surface area contributed by atoms with Crippen LogP contribution in [0.4, 0.5) is 0 Å². The molecule has 94 valence electrons. The molecule has 0 bridgehead atoms. The number of unbranched alkanes of at least 4 members (excludes halogenated alkanes) is 3. The Hall–Kier alpha value is -0.830. The number of rotatable bonds is 7. The van der Waals surface area contributed by atoms with E-state index in [2.05, 4.69) is 28.2 Å². The van der Waals surface area contributed by atoms with Gasteiger partial charge in [0.05, 0.1) is 0 Å². The van der Waals surface area contributed by atoms with Crippen LogP contribution in [0.5, 0.6) is 0 Å². The highest BCUT2D eigenvalue weighted by molar-refractivity contribution is 9.08. The van der Waals surface area contributed by atoms with E-state index >= 15 is 0 Å². The van der Waals surface area contributed by atoms with Gasteiger partial charge in [0.25, 0.3) is 5.91 Å². The van der Waals surface area contributed by atoms with E-state index in [1.165, 1.54) is 19.3 Å². The van der Waals surface area contributed by atoms with E-state index in [0.29, 0.717) is 0 Å². The second-order valence-corrected chi connectivity index (χ2v) is 4.71. The first-order valence-electron chi connectivity index (χ1n) is 6.21. The van der Waals surface area contributed by atoms with Crippen molar-refractivity contribution in [2.75, 3.05) is 6.54 Å². The minimum atomic E-state index is 0.0318. The summed E-state index contributed by atoms with van der Waals surface area (Å²) < 4.78 is 0. The molecule has 0 heterocycles. The molecule has 0 aliphatic carbocycles. The number of hydrogen-bond acceptors (Lipinski definition) is 1.